The monoisotopic (exact) mass is 240 g/mol. The first-order chi connectivity index (χ1) is 6.27. The predicted molar refractivity (Wildman–Crippen MR) is 59.8 cm³/mol. The van der Waals surface area contributed by atoms with Crippen molar-refractivity contribution in [3.05, 3.63) is 29.0 Å². The Balaban J connectivity index is 0.000000396. The molecule has 0 aliphatic carbocycles. The van der Waals surface area contributed by atoms with E-state index in [0.29, 0.717) is 0 Å². The van der Waals surface area contributed by atoms with Gasteiger partial charge in [0.1, 0.15) is 0 Å². The maximum atomic E-state index is 4.20. The number of benzene rings is 1. The van der Waals surface area contributed by atoms with Crippen LogP contribution in [-0.4, -0.2) is 9.55 Å². The molecule has 0 spiro atoms. The molecular formula is C10H13BrN2. The minimum atomic E-state index is 1.04. The van der Waals surface area contributed by atoms with Crippen molar-refractivity contribution in [1.82, 2.24) is 9.55 Å². The molecule has 1 aromatic heterocycles. The Bertz CT molecular complexity index is 393. The molecule has 13 heavy (non-hydrogen) atoms. The van der Waals surface area contributed by atoms with Gasteiger partial charge in [-0.3, -0.25) is 0 Å². The zero-order valence-corrected chi connectivity index (χ0v) is 9.67. The lowest BCUT2D eigenvalue weighted by molar-refractivity contribution is 0.947. The summed E-state index contributed by atoms with van der Waals surface area (Å²) in [5.74, 6) is 0. The zero-order chi connectivity index (χ0) is 9.84. The molecule has 70 valence electrons. The second-order valence-electron chi connectivity index (χ2n) is 2.49. The normalized spacial score (nSPS) is 9.54. The van der Waals surface area contributed by atoms with Crippen LogP contribution in [0.4, 0.5) is 0 Å². The van der Waals surface area contributed by atoms with Crippen LogP contribution in [0.15, 0.2) is 29.0 Å². The van der Waals surface area contributed by atoms with E-state index in [1.54, 1.807) is 0 Å². The van der Waals surface area contributed by atoms with Gasteiger partial charge in [0.15, 0.2) is 0 Å². The minimum absolute atomic E-state index is 1.04. The van der Waals surface area contributed by atoms with Crippen LogP contribution in [0.2, 0.25) is 0 Å². The average molecular weight is 241 g/mol. The summed E-state index contributed by atoms with van der Waals surface area (Å²) in [5, 5.41) is 0. The first-order valence-corrected chi connectivity index (χ1v) is 5.13. The average Bonchev–Trinajstić information content (AvgIpc) is 2.52. The molecule has 3 heteroatoms. The molecule has 1 aromatic carbocycles. The summed E-state index contributed by atoms with van der Waals surface area (Å²) in [6.45, 7) is 4.00. The predicted octanol–water partition coefficient (Wildman–Crippen LogP) is 3.36. The lowest BCUT2D eigenvalue weighted by Gasteiger charge is -1.93. The van der Waals surface area contributed by atoms with Crippen LogP contribution in [0.5, 0.6) is 0 Å². The van der Waals surface area contributed by atoms with E-state index in [1.165, 1.54) is 0 Å². The second kappa shape index (κ2) is 4.42. The SMILES string of the molecule is CC.Cn1cnc2ccc(Br)cc21. The van der Waals surface area contributed by atoms with Crippen molar-refractivity contribution >= 4 is 27.0 Å². The number of halogens is 1. The molecule has 1 heterocycles. The standard InChI is InChI=1S/C8H7BrN2.C2H6/c1-11-5-10-7-3-2-6(9)4-8(7)11;1-2/h2-5H,1H3;1-2H3. The summed E-state index contributed by atoms with van der Waals surface area (Å²) in [6, 6.07) is 6.05. The van der Waals surface area contributed by atoms with Gasteiger partial charge in [0.05, 0.1) is 17.4 Å². The summed E-state index contributed by atoms with van der Waals surface area (Å²) in [6.07, 6.45) is 1.82. The molecule has 0 fully saturated rings. The number of nitrogens with zero attached hydrogens (tertiary/aromatic N) is 2. The summed E-state index contributed by atoms with van der Waals surface area (Å²) < 4.78 is 3.09. The smallest absolute Gasteiger partial charge is 0.0955 e. The molecule has 0 aliphatic heterocycles. The topological polar surface area (TPSA) is 17.8 Å². The molecular weight excluding hydrogens is 228 g/mol. The molecule has 2 nitrogen and oxygen atoms in total. The Morgan fingerprint density at radius 2 is 2.00 bits per heavy atom. The molecule has 0 atom stereocenters. The number of aryl methyl sites for hydroxylation is 1. The van der Waals surface area contributed by atoms with E-state index >= 15 is 0 Å². The van der Waals surface area contributed by atoms with Gasteiger partial charge in [-0.2, -0.15) is 0 Å². The Morgan fingerprint density at radius 3 is 2.69 bits per heavy atom. The quantitative estimate of drug-likeness (QED) is 0.691. The molecule has 0 bridgehead atoms. The van der Waals surface area contributed by atoms with E-state index in [4.69, 9.17) is 0 Å². The van der Waals surface area contributed by atoms with Gasteiger partial charge >= 0.3 is 0 Å². The molecule has 0 saturated heterocycles. The number of rotatable bonds is 0. The van der Waals surface area contributed by atoms with Crippen LogP contribution < -0.4 is 0 Å². The highest BCUT2D eigenvalue weighted by atomic mass is 79.9. The van der Waals surface area contributed by atoms with Crippen LogP contribution in [0, 0.1) is 0 Å². The van der Waals surface area contributed by atoms with Crippen LogP contribution in [0.25, 0.3) is 11.0 Å². The maximum absolute atomic E-state index is 4.20. The zero-order valence-electron chi connectivity index (χ0n) is 8.08. The molecule has 0 saturated carbocycles. The van der Waals surface area contributed by atoms with Gasteiger partial charge in [0.2, 0.25) is 0 Å². The fraction of sp³-hybridized carbons (Fsp3) is 0.300. The maximum Gasteiger partial charge on any atom is 0.0955 e. The largest absolute Gasteiger partial charge is 0.334 e. The fourth-order valence-electron chi connectivity index (χ4n) is 1.10. The first kappa shape index (κ1) is 10.3. The number of hydrogen-bond donors (Lipinski definition) is 0. The van der Waals surface area contributed by atoms with E-state index in [0.717, 1.165) is 15.5 Å². The van der Waals surface area contributed by atoms with Crippen molar-refractivity contribution in [2.24, 2.45) is 7.05 Å². The summed E-state index contributed by atoms with van der Waals surface area (Å²) in [7, 11) is 1.99. The second-order valence-corrected chi connectivity index (χ2v) is 3.40. The molecule has 2 rings (SSSR count). The summed E-state index contributed by atoms with van der Waals surface area (Å²) in [5.41, 5.74) is 2.19. The van der Waals surface area contributed by atoms with Gasteiger partial charge in [-0.05, 0) is 18.2 Å². The van der Waals surface area contributed by atoms with E-state index in [-0.39, 0.29) is 0 Å². The Labute approximate surface area is 86.7 Å². The highest BCUT2D eigenvalue weighted by Crippen LogP contribution is 2.17. The van der Waals surface area contributed by atoms with Crippen LogP contribution >= 0.6 is 15.9 Å². The van der Waals surface area contributed by atoms with Crippen molar-refractivity contribution in [3.63, 3.8) is 0 Å². The van der Waals surface area contributed by atoms with Crippen LogP contribution in [-0.2, 0) is 7.05 Å². The first-order valence-electron chi connectivity index (χ1n) is 4.34. The van der Waals surface area contributed by atoms with E-state index in [1.807, 2.05) is 43.9 Å². The molecule has 0 radical (unpaired) electrons. The van der Waals surface area contributed by atoms with Crippen molar-refractivity contribution in [2.75, 3.05) is 0 Å². The molecule has 0 amide bonds. The van der Waals surface area contributed by atoms with Crippen molar-refractivity contribution in [2.45, 2.75) is 13.8 Å². The fourth-order valence-corrected chi connectivity index (χ4v) is 1.45. The van der Waals surface area contributed by atoms with Gasteiger partial charge in [0, 0.05) is 11.5 Å². The van der Waals surface area contributed by atoms with Gasteiger partial charge < -0.3 is 4.57 Å². The molecule has 2 aromatic rings. The lowest BCUT2D eigenvalue weighted by Crippen LogP contribution is -1.82. The minimum Gasteiger partial charge on any atom is -0.334 e. The Hall–Kier alpha value is -0.830. The molecule has 0 unspecified atom stereocenters. The van der Waals surface area contributed by atoms with E-state index in [2.05, 4.69) is 27.0 Å². The third-order valence-electron chi connectivity index (χ3n) is 1.69. The lowest BCUT2D eigenvalue weighted by atomic mass is 10.3. The van der Waals surface area contributed by atoms with E-state index < -0.39 is 0 Å². The van der Waals surface area contributed by atoms with E-state index in [9.17, 15) is 0 Å². The van der Waals surface area contributed by atoms with Crippen LogP contribution in [0.1, 0.15) is 13.8 Å². The molecule has 0 aliphatic rings. The summed E-state index contributed by atoms with van der Waals surface area (Å²) >= 11 is 3.41. The number of imidazole rings is 1. The Morgan fingerprint density at radius 1 is 1.31 bits per heavy atom. The highest BCUT2D eigenvalue weighted by Gasteiger charge is 1.97. The third kappa shape index (κ3) is 2.10. The Kier molecular flexibility index (Phi) is 3.48. The molecule has 0 N–H and O–H groups in total. The number of fused-ring (bicyclic) bond motifs is 1. The third-order valence-corrected chi connectivity index (χ3v) is 2.18. The highest BCUT2D eigenvalue weighted by molar-refractivity contribution is 9.10. The van der Waals surface area contributed by atoms with Gasteiger partial charge in [-0.15, -0.1) is 0 Å². The van der Waals surface area contributed by atoms with Crippen molar-refractivity contribution in [3.8, 4) is 0 Å². The summed E-state index contributed by atoms with van der Waals surface area (Å²) in [4.78, 5) is 4.20. The number of aromatic nitrogens is 2. The number of hydrogen-bond acceptors (Lipinski definition) is 1. The van der Waals surface area contributed by atoms with Gasteiger partial charge in [-0.1, -0.05) is 29.8 Å². The van der Waals surface area contributed by atoms with Crippen LogP contribution in [0.3, 0.4) is 0 Å². The van der Waals surface area contributed by atoms with Crippen molar-refractivity contribution < 1.29 is 0 Å². The van der Waals surface area contributed by atoms with Gasteiger partial charge in [-0.25, -0.2) is 4.98 Å². The van der Waals surface area contributed by atoms with Gasteiger partial charge in [0.25, 0.3) is 0 Å². The van der Waals surface area contributed by atoms with Crippen molar-refractivity contribution in [1.29, 1.82) is 0 Å².